The first-order valence-corrected chi connectivity index (χ1v) is 9.44. The van der Waals surface area contributed by atoms with Gasteiger partial charge in [-0.15, -0.1) is 0 Å². The summed E-state index contributed by atoms with van der Waals surface area (Å²) in [6.07, 6.45) is -4.23. The van der Waals surface area contributed by atoms with Crippen LogP contribution in [0.3, 0.4) is 0 Å². The summed E-state index contributed by atoms with van der Waals surface area (Å²) in [7, 11) is 0. The summed E-state index contributed by atoms with van der Waals surface area (Å²) in [6.45, 7) is 0. The smallest absolute Gasteiger partial charge is 0.434 e. The number of benzene rings is 2. The molecule has 1 N–H and O–H groups in total. The van der Waals surface area contributed by atoms with Gasteiger partial charge in [0.05, 0.1) is 33.1 Å². The first-order valence-electron chi connectivity index (χ1n) is 8.69. The zero-order valence-electron chi connectivity index (χ0n) is 15.5. The van der Waals surface area contributed by atoms with Crippen molar-refractivity contribution in [3.8, 4) is 28.3 Å². The molecule has 2 aromatic carbocycles. The van der Waals surface area contributed by atoms with Gasteiger partial charge in [0.25, 0.3) is 0 Å². The highest BCUT2D eigenvalue weighted by Gasteiger charge is 2.42. The third-order valence-electron chi connectivity index (χ3n) is 4.47. The number of hydrogen-bond acceptors (Lipinski definition) is 4. The molecule has 4 aromatic rings. The van der Waals surface area contributed by atoms with Gasteiger partial charge in [-0.05, 0) is 24.3 Å². The predicted octanol–water partition coefficient (Wildman–Crippen LogP) is 6.36. The zero-order valence-corrected chi connectivity index (χ0v) is 17.0. The molecule has 0 unspecified atom stereocenters. The quantitative estimate of drug-likeness (QED) is 0.340. The van der Waals surface area contributed by atoms with E-state index >= 15 is 0 Å². The summed E-state index contributed by atoms with van der Waals surface area (Å²) in [5.74, 6) is -3.39. The molecule has 0 saturated carbocycles. The lowest BCUT2D eigenvalue weighted by molar-refractivity contribution is -0.142. The summed E-state index contributed by atoms with van der Waals surface area (Å²) in [5.41, 5.74) is -3.96. The molecule has 2 aromatic heterocycles. The van der Waals surface area contributed by atoms with Crippen molar-refractivity contribution in [1.29, 1.82) is 0 Å². The van der Waals surface area contributed by atoms with E-state index in [9.17, 15) is 27.5 Å². The minimum Gasteiger partial charge on any atom is -0.477 e. The third-order valence-corrected chi connectivity index (χ3v) is 5.10. The van der Waals surface area contributed by atoms with E-state index in [0.717, 1.165) is 12.3 Å². The Hall–Kier alpha value is -3.37. The Kier molecular flexibility index (Phi) is 5.43. The maximum Gasteiger partial charge on any atom is 0.434 e. The van der Waals surface area contributed by atoms with Crippen molar-refractivity contribution in [3.05, 3.63) is 75.8 Å². The molecule has 0 aliphatic carbocycles. The van der Waals surface area contributed by atoms with Gasteiger partial charge in [-0.3, -0.25) is 0 Å². The Labute approximate surface area is 186 Å². The van der Waals surface area contributed by atoms with Gasteiger partial charge in [-0.2, -0.15) is 18.3 Å². The van der Waals surface area contributed by atoms with E-state index in [-0.39, 0.29) is 15.7 Å². The van der Waals surface area contributed by atoms with Gasteiger partial charge < -0.3 is 9.63 Å². The Morgan fingerprint density at radius 3 is 2.38 bits per heavy atom. The fraction of sp³-hybridized carbons (Fsp3) is 0.0500. The SMILES string of the molecule is O=C(O)c1c(-c2c(F)cccc2Cl)noc1-c1cnn(-c2ccccc2Cl)c1C(F)(F)F. The molecular formula is C20H9Cl2F4N3O3. The lowest BCUT2D eigenvalue weighted by Crippen LogP contribution is -2.15. The molecule has 0 fully saturated rings. The number of carboxylic acid groups (broad SMARTS) is 1. The van der Waals surface area contributed by atoms with Crippen molar-refractivity contribution >= 4 is 29.2 Å². The normalized spacial score (nSPS) is 11.7. The number of nitrogens with zero attached hydrogens (tertiary/aromatic N) is 3. The standard InChI is InChI=1S/C20H9Cl2F4N3O3/c21-10-4-1-2-7-13(10)29-18(20(24,25)26)9(8-27-29)17-15(19(30)31)16(28-32-17)14-11(22)5-3-6-12(14)23/h1-8H,(H,30,31). The summed E-state index contributed by atoms with van der Waals surface area (Å²) in [5, 5.41) is 16.7. The van der Waals surface area contributed by atoms with Gasteiger partial charge in [0.2, 0.25) is 0 Å². The van der Waals surface area contributed by atoms with Crippen LogP contribution < -0.4 is 0 Å². The molecule has 0 saturated heterocycles. The van der Waals surface area contributed by atoms with Crippen molar-refractivity contribution in [2.75, 3.05) is 0 Å². The van der Waals surface area contributed by atoms with E-state index in [4.69, 9.17) is 27.7 Å². The topological polar surface area (TPSA) is 81.2 Å². The first kappa shape index (κ1) is 21.8. The van der Waals surface area contributed by atoms with Gasteiger partial charge >= 0.3 is 12.1 Å². The summed E-state index contributed by atoms with van der Waals surface area (Å²) >= 11 is 12.0. The maximum absolute atomic E-state index is 14.4. The van der Waals surface area contributed by atoms with Crippen molar-refractivity contribution < 1.29 is 32.0 Å². The van der Waals surface area contributed by atoms with Crippen molar-refractivity contribution in [2.24, 2.45) is 0 Å². The number of carboxylic acids is 1. The van der Waals surface area contributed by atoms with E-state index in [2.05, 4.69) is 10.3 Å². The van der Waals surface area contributed by atoms with Gasteiger partial charge in [-0.25, -0.2) is 13.9 Å². The zero-order chi connectivity index (χ0) is 23.2. The second-order valence-corrected chi connectivity index (χ2v) is 7.22. The molecule has 0 atom stereocenters. The van der Waals surface area contributed by atoms with Gasteiger partial charge in [0.15, 0.2) is 11.5 Å². The van der Waals surface area contributed by atoms with Crippen LogP contribution in [0.2, 0.25) is 10.0 Å². The monoisotopic (exact) mass is 485 g/mol. The van der Waals surface area contributed by atoms with E-state index in [0.29, 0.717) is 4.68 Å². The number of carbonyl (C=O) groups is 1. The van der Waals surface area contributed by atoms with Crippen LogP contribution in [0.25, 0.3) is 28.3 Å². The van der Waals surface area contributed by atoms with E-state index in [1.54, 1.807) is 0 Å². The molecule has 0 radical (unpaired) electrons. The Balaban J connectivity index is 2.01. The maximum atomic E-state index is 14.4. The molecule has 6 nitrogen and oxygen atoms in total. The minimum absolute atomic E-state index is 0.0255. The Bertz CT molecular complexity index is 1330. The Morgan fingerprint density at radius 1 is 1.06 bits per heavy atom. The second-order valence-electron chi connectivity index (χ2n) is 6.40. The van der Waals surface area contributed by atoms with Gasteiger partial charge in [0.1, 0.15) is 17.1 Å². The molecular weight excluding hydrogens is 477 g/mol. The van der Waals surface area contributed by atoms with Crippen molar-refractivity contribution in [2.45, 2.75) is 6.18 Å². The van der Waals surface area contributed by atoms with E-state index < -0.39 is 51.8 Å². The molecule has 12 heteroatoms. The van der Waals surface area contributed by atoms with Gasteiger partial charge in [-0.1, -0.05) is 46.6 Å². The molecule has 164 valence electrons. The average Bonchev–Trinajstić information content (AvgIpc) is 3.32. The summed E-state index contributed by atoms with van der Waals surface area (Å²) in [4.78, 5) is 12.0. The highest BCUT2D eigenvalue weighted by molar-refractivity contribution is 6.33. The van der Waals surface area contributed by atoms with E-state index in [1.807, 2.05) is 0 Å². The van der Waals surface area contributed by atoms with Crippen LogP contribution in [-0.4, -0.2) is 26.0 Å². The molecule has 0 bridgehead atoms. The van der Waals surface area contributed by atoms with Crippen LogP contribution in [0, 0.1) is 5.82 Å². The molecule has 0 aliphatic heterocycles. The predicted molar refractivity (Wildman–Crippen MR) is 106 cm³/mol. The van der Waals surface area contributed by atoms with Crippen LogP contribution in [0.1, 0.15) is 16.1 Å². The third kappa shape index (κ3) is 3.61. The fourth-order valence-corrected chi connectivity index (χ4v) is 3.63. The molecule has 2 heterocycles. The lowest BCUT2D eigenvalue weighted by atomic mass is 10.0. The van der Waals surface area contributed by atoms with Crippen LogP contribution >= 0.6 is 23.2 Å². The molecule has 4 rings (SSSR count). The highest BCUT2D eigenvalue weighted by atomic mass is 35.5. The van der Waals surface area contributed by atoms with Crippen molar-refractivity contribution in [3.63, 3.8) is 0 Å². The summed E-state index contributed by atoms with van der Waals surface area (Å²) < 4.78 is 62.0. The molecule has 0 aliphatic rings. The van der Waals surface area contributed by atoms with E-state index in [1.165, 1.54) is 36.4 Å². The largest absolute Gasteiger partial charge is 0.477 e. The number of aromatic nitrogens is 3. The number of para-hydroxylation sites is 1. The number of aromatic carboxylic acids is 1. The Morgan fingerprint density at radius 2 is 1.75 bits per heavy atom. The van der Waals surface area contributed by atoms with Crippen LogP contribution in [0.4, 0.5) is 17.6 Å². The van der Waals surface area contributed by atoms with Crippen LogP contribution in [0.5, 0.6) is 0 Å². The molecule has 32 heavy (non-hydrogen) atoms. The van der Waals surface area contributed by atoms with Crippen LogP contribution in [-0.2, 0) is 6.18 Å². The second kappa shape index (κ2) is 7.95. The number of halogens is 6. The molecule has 0 amide bonds. The summed E-state index contributed by atoms with van der Waals surface area (Å²) in [6, 6.07) is 9.20. The first-order chi connectivity index (χ1) is 15.1. The van der Waals surface area contributed by atoms with Gasteiger partial charge in [0, 0.05) is 0 Å². The van der Waals surface area contributed by atoms with Crippen LogP contribution in [0.15, 0.2) is 53.2 Å². The number of rotatable bonds is 4. The number of alkyl halides is 3. The lowest BCUT2D eigenvalue weighted by Gasteiger charge is -2.13. The average molecular weight is 486 g/mol. The molecule has 0 spiro atoms. The minimum atomic E-state index is -5.00. The fourth-order valence-electron chi connectivity index (χ4n) is 3.16. The number of hydrogen-bond donors (Lipinski definition) is 1. The highest BCUT2D eigenvalue weighted by Crippen LogP contribution is 2.43. The van der Waals surface area contributed by atoms with Crippen molar-refractivity contribution in [1.82, 2.24) is 14.9 Å².